The van der Waals surface area contributed by atoms with E-state index in [4.69, 9.17) is 4.74 Å². The summed E-state index contributed by atoms with van der Waals surface area (Å²) >= 11 is 6.75. The Kier molecular flexibility index (Phi) is 3.73. The van der Waals surface area contributed by atoms with E-state index in [1.807, 2.05) is 20.8 Å². The molecule has 18 heavy (non-hydrogen) atoms. The first-order valence-electron chi connectivity index (χ1n) is 5.68. The molecule has 0 N–H and O–H groups in total. The molecule has 7 heteroatoms. The highest BCUT2D eigenvalue weighted by molar-refractivity contribution is 9.10. The van der Waals surface area contributed by atoms with Gasteiger partial charge in [0.25, 0.3) is 0 Å². The summed E-state index contributed by atoms with van der Waals surface area (Å²) in [5, 5.41) is 4.23. The van der Waals surface area contributed by atoms with Crippen molar-refractivity contribution < 1.29 is 9.53 Å². The first kappa shape index (κ1) is 13.9. The zero-order valence-corrected chi connectivity index (χ0v) is 13.7. The third-order valence-electron chi connectivity index (χ3n) is 2.61. The molecule has 1 aliphatic heterocycles. The molecule has 0 spiro atoms. The second kappa shape index (κ2) is 4.85. The van der Waals surface area contributed by atoms with Gasteiger partial charge in [-0.2, -0.15) is 5.10 Å². The van der Waals surface area contributed by atoms with Gasteiger partial charge in [0.1, 0.15) is 10.2 Å². The van der Waals surface area contributed by atoms with Crippen molar-refractivity contribution in [1.82, 2.24) is 13.7 Å². The lowest BCUT2D eigenvalue weighted by atomic mass is 10.1. The highest BCUT2D eigenvalue weighted by Crippen LogP contribution is 2.28. The average molecular weight is 381 g/mol. The van der Waals surface area contributed by atoms with Crippen LogP contribution < -0.4 is 0 Å². The van der Waals surface area contributed by atoms with Crippen LogP contribution in [-0.2, 0) is 17.7 Å². The van der Waals surface area contributed by atoms with Crippen molar-refractivity contribution in [3.8, 4) is 0 Å². The van der Waals surface area contributed by atoms with Crippen LogP contribution in [0.15, 0.2) is 4.60 Å². The summed E-state index contributed by atoms with van der Waals surface area (Å²) < 4.78 is 7.82. The maximum Gasteiger partial charge on any atom is 0.410 e. The highest BCUT2D eigenvalue weighted by atomic mass is 79.9. The molecule has 1 aromatic rings. The van der Waals surface area contributed by atoms with Crippen molar-refractivity contribution in [2.75, 3.05) is 6.54 Å². The Morgan fingerprint density at radius 2 is 2.11 bits per heavy atom. The minimum Gasteiger partial charge on any atom is -0.444 e. The van der Waals surface area contributed by atoms with E-state index < -0.39 is 5.60 Å². The molecule has 2 heterocycles. The standard InChI is InChI=1S/C11H15Br2N3O2/c1-11(2,3)18-10(17)15-5-4-8-7(6-15)9(12)14-16(8)13/h4-6H2,1-3H3. The molecule has 1 amide bonds. The zero-order valence-electron chi connectivity index (χ0n) is 10.5. The van der Waals surface area contributed by atoms with Crippen molar-refractivity contribution in [3.05, 3.63) is 15.9 Å². The van der Waals surface area contributed by atoms with Gasteiger partial charge in [-0.15, -0.1) is 0 Å². The lowest BCUT2D eigenvalue weighted by molar-refractivity contribution is 0.0223. The van der Waals surface area contributed by atoms with Gasteiger partial charge < -0.3 is 9.64 Å². The van der Waals surface area contributed by atoms with Crippen molar-refractivity contribution >= 4 is 38.2 Å². The summed E-state index contributed by atoms with van der Waals surface area (Å²) in [5.74, 6) is 0. The fourth-order valence-electron chi connectivity index (χ4n) is 1.82. The fraction of sp³-hybridized carbons (Fsp3) is 0.636. The van der Waals surface area contributed by atoms with E-state index in [0.717, 1.165) is 22.3 Å². The number of amides is 1. The summed E-state index contributed by atoms with van der Waals surface area (Å²) in [7, 11) is 0. The van der Waals surface area contributed by atoms with E-state index in [-0.39, 0.29) is 6.09 Å². The fourth-order valence-corrected chi connectivity index (χ4v) is 3.10. The van der Waals surface area contributed by atoms with Gasteiger partial charge in [-0.05, 0) is 36.7 Å². The van der Waals surface area contributed by atoms with Crippen LogP contribution in [0, 0.1) is 0 Å². The smallest absolute Gasteiger partial charge is 0.410 e. The number of rotatable bonds is 0. The predicted octanol–water partition coefficient (Wildman–Crippen LogP) is 3.10. The number of hydrogen-bond acceptors (Lipinski definition) is 3. The number of fused-ring (bicyclic) bond motifs is 1. The summed E-state index contributed by atoms with van der Waals surface area (Å²) in [5.41, 5.74) is 1.67. The molecule has 5 nitrogen and oxygen atoms in total. The van der Waals surface area contributed by atoms with Crippen molar-refractivity contribution in [2.24, 2.45) is 0 Å². The molecular weight excluding hydrogens is 366 g/mol. The van der Waals surface area contributed by atoms with E-state index in [9.17, 15) is 4.79 Å². The van der Waals surface area contributed by atoms with E-state index in [2.05, 4.69) is 37.2 Å². The Balaban J connectivity index is 2.12. The van der Waals surface area contributed by atoms with Crippen LogP contribution in [0.2, 0.25) is 0 Å². The number of aromatic nitrogens is 2. The van der Waals surface area contributed by atoms with Gasteiger partial charge in [-0.25, -0.2) is 8.50 Å². The van der Waals surface area contributed by atoms with Gasteiger partial charge in [-0.1, -0.05) is 0 Å². The predicted molar refractivity (Wildman–Crippen MR) is 74.6 cm³/mol. The molecule has 1 aliphatic rings. The Hall–Kier alpha value is -0.560. The van der Waals surface area contributed by atoms with Crippen LogP contribution in [0.25, 0.3) is 0 Å². The molecule has 2 rings (SSSR count). The molecule has 1 aromatic heterocycles. The zero-order chi connectivity index (χ0) is 13.5. The van der Waals surface area contributed by atoms with Gasteiger partial charge in [-0.3, -0.25) is 0 Å². The van der Waals surface area contributed by atoms with Crippen LogP contribution in [0.5, 0.6) is 0 Å². The number of hydrogen-bond donors (Lipinski definition) is 0. The maximum absolute atomic E-state index is 12.0. The topological polar surface area (TPSA) is 47.4 Å². The van der Waals surface area contributed by atoms with E-state index in [0.29, 0.717) is 13.1 Å². The van der Waals surface area contributed by atoms with Crippen molar-refractivity contribution in [1.29, 1.82) is 0 Å². The molecule has 0 aromatic carbocycles. The number of ether oxygens (including phenoxy) is 1. The third kappa shape index (κ3) is 2.88. The summed E-state index contributed by atoms with van der Waals surface area (Å²) in [6.45, 7) is 6.77. The van der Waals surface area contributed by atoms with Gasteiger partial charge >= 0.3 is 6.09 Å². The molecule has 0 bridgehead atoms. The van der Waals surface area contributed by atoms with Crippen molar-refractivity contribution in [2.45, 2.75) is 39.3 Å². The maximum atomic E-state index is 12.0. The Bertz CT molecular complexity index is 479. The summed E-state index contributed by atoms with van der Waals surface area (Å²) in [6.07, 6.45) is 0.487. The molecule has 0 fully saturated rings. The molecule has 0 saturated heterocycles. The largest absolute Gasteiger partial charge is 0.444 e. The first-order chi connectivity index (χ1) is 8.28. The normalized spacial score (nSPS) is 15.5. The quantitative estimate of drug-likeness (QED) is 0.694. The Morgan fingerprint density at radius 1 is 1.44 bits per heavy atom. The molecular formula is C11H15Br2N3O2. The number of carbonyl (C=O) groups excluding carboxylic acids is 1. The molecule has 100 valence electrons. The second-order valence-corrected chi connectivity index (χ2v) is 6.65. The van der Waals surface area contributed by atoms with Crippen LogP contribution in [0.3, 0.4) is 0 Å². The minimum atomic E-state index is -0.464. The van der Waals surface area contributed by atoms with Crippen LogP contribution >= 0.6 is 32.1 Å². The van der Waals surface area contributed by atoms with Crippen LogP contribution in [0.4, 0.5) is 4.79 Å². The van der Waals surface area contributed by atoms with Gasteiger partial charge in [0, 0.05) is 18.5 Å². The van der Waals surface area contributed by atoms with Gasteiger partial charge in [0.05, 0.1) is 28.4 Å². The second-order valence-electron chi connectivity index (χ2n) is 5.23. The molecule has 0 aliphatic carbocycles. The van der Waals surface area contributed by atoms with Gasteiger partial charge in [0.15, 0.2) is 0 Å². The monoisotopic (exact) mass is 379 g/mol. The van der Waals surface area contributed by atoms with Crippen molar-refractivity contribution in [3.63, 3.8) is 0 Å². The van der Waals surface area contributed by atoms with Crippen LogP contribution in [-0.4, -0.2) is 31.9 Å². The third-order valence-corrected chi connectivity index (χ3v) is 3.84. The molecule has 0 saturated carbocycles. The number of halogens is 2. The lowest BCUT2D eigenvalue weighted by Crippen LogP contribution is -2.40. The summed E-state index contributed by atoms with van der Waals surface area (Å²) in [6, 6.07) is 0. The number of nitrogens with zero attached hydrogens (tertiary/aromatic N) is 3. The van der Waals surface area contributed by atoms with E-state index >= 15 is 0 Å². The molecule has 0 atom stereocenters. The molecule has 0 radical (unpaired) electrons. The Labute approximate surface area is 123 Å². The summed E-state index contributed by atoms with van der Waals surface area (Å²) in [4.78, 5) is 13.7. The highest BCUT2D eigenvalue weighted by Gasteiger charge is 2.29. The molecule has 0 unspecified atom stereocenters. The van der Waals surface area contributed by atoms with E-state index in [1.54, 1.807) is 8.61 Å². The van der Waals surface area contributed by atoms with Gasteiger partial charge in [0.2, 0.25) is 0 Å². The lowest BCUT2D eigenvalue weighted by Gasteiger charge is -2.30. The number of carbonyl (C=O) groups is 1. The first-order valence-corrected chi connectivity index (χ1v) is 7.18. The SMILES string of the molecule is CC(C)(C)OC(=O)N1CCc2c(c(Br)nn2Br)C1. The minimum absolute atomic E-state index is 0.276. The van der Waals surface area contributed by atoms with Crippen LogP contribution in [0.1, 0.15) is 32.0 Å². The average Bonchev–Trinajstić information content (AvgIpc) is 2.52. The van der Waals surface area contributed by atoms with E-state index in [1.165, 1.54) is 0 Å². The Morgan fingerprint density at radius 3 is 2.72 bits per heavy atom.